The summed E-state index contributed by atoms with van der Waals surface area (Å²) < 4.78 is 0. The van der Waals surface area contributed by atoms with Crippen LogP contribution in [0.25, 0.3) is 5.57 Å². The van der Waals surface area contributed by atoms with Gasteiger partial charge in [-0.25, -0.2) is 0 Å². The standard InChI is InChI=1S/C13H12O/c14-13-8-4-7-12(9-10-13)11-5-2-1-3-6-11/h1-3,5-10,14H,4H2. The highest BCUT2D eigenvalue weighted by Crippen LogP contribution is 2.19. The molecule has 1 aromatic carbocycles. The highest BCUT2D eigenvalue weighted by Gasteiger charge is 1.99. The summed E-state index contributed by atoms with van der Waals surface area (Å²) in [5, 5.41) is 9.29. The molecule has 14 heavy (non-hydrogen) atoms. The van der Waals surface area contributed by atoms with E-state index in [9.17, 15) is 5.11 Å². The van der Waals surface area contributed by atoms with Crippen molar-refractivity contribution in [1.82, 2.24) is 0 Å². The molecule has 0 aromatic heterocycles. The molecule has 0 amide bonds. The van der Waals surface area contributed by atoms with Gasteiger partial charge in [0.15, 0.2) is 0 Å². The highest BCUT2D eigenvalue weighted by molar-refractivity contribution is 5.74. The molecule has 1 N–H and O–H groups in total. The summed E-state index contributed by atoms with van der Waals surface area (Å²) in [7, 11) is 0. The normalized spacial score (nSPS) is 15.7. The molecule has 0 bridgehead atoms. The number of allylic oxidation sites excluding steroid dienone is 5. The Kier molecular flexibility index (Phi) is 2.50. The first-order chi connectivity index (χ1) is 6.86. The summed E-state index contributed by atoms with van der Waals surface area (Å²) in [6, 6.07) is 10.2. The van der Waals surface area contributed by atoms with Gasteiger partial charge in [0.1, 0.15) is 5.76 Å². The molecular weight excluding hydrogens is 172 g/mol. The van der Waals surface area contributed by atoms with E-state index < -0.39 is 0 Å². The van der Waals surface area contributed by atoms with Crippen molar-refractivity contribution < 1.29 is 5.11 Å². The van der Waals surface area contributed by atoms with Crippen LogP contribution in [0.4, 0.5) is 0 Å². The second-order valence-corrected chi connectivity index (χ2v) is 3.22. The minimum atomic E-state index is 0.340. The minimum absolute atomic E-state index is 0.340. The fourth-order valence-electron chi connectivity index (χ4n) is 1.46. The summed E-state index contributed by atoms with van der Waals surface area (Å²) in [5.74, 6) is 0.340. The molecule has 70 valence electrons. The first-order valence-corrected chi connectivity index (χ1v) is 4.69. The maximum absolute atomic E-state index is 9.29. The molecule has 0 saturated heterocycles. The molecule has 0 spiro atoms. The first kappa shape index (κ1) is 8.82. The molecule has 0 unspecified atom stereocenters. The summed E-state index contributed by atoms with van der Waals surface area (Å²) in [6.07, 6.45) is 8.35. The zero-order valence-electron chi connectivity index (χ0n) is 7.85. The average molecular weight is 184 g/mol. The van der Waals surface area contributed by atoms with Gasteiger partial charge >= 0.3 is 0 Å². The number of aliphatic hydroxyl groups excluding tert-OH is 1. The Morgan fingerprint density at radius 1 is 0.929 bits per heavy atom. The van der Waals surface area contributed by atoms with Crippen molar-refractivity contribution in [3.63, 3.8) is 0 Å². The molecule has 0 fully saturated rings. The number of hydrogen-bond acceptors (Lipinski definition) is 1. The number of rotatable bonds is 1. The molecule has 1 aliphatic rings. The third-order valence-corrected chi connectivity index (χ3v) is 2.21. The molecule has 0 heterocycles. The smallest absolute Gasteiger partial charge is 0.111 e. The van der Waals surface area contributed by atoms with E-state index in [1.54, 1.807) is 12.2 Å². The zero-order chi connectivity index (χ0) is 9.80. The molecule has 1 aromatic rings. The molecule has 1 aliphatic carbocycles. The second kappa shape index (κ2) is 3.97. The summed E-state index contributed by atoms with van der Waals surface area (Å²) >= 11 is 0. The quantitative estimate of drug-likeness (QED) is 0.708. The first-order valence-electron chi connectivity index (χ1n) is 4.69. The fourth-order valence-corrected chi connectivity index (χ4v) is 1.46. The van der Waals surface area contributed by atoms with Crippen LogP contribution in [0, 0.1) is 0 Å². The molecule has 1 heteroatoms. The van der Waals surface area contributed by atoms with Crippen LogP contribution in [0.2, 0.25) is 0 Å². The van der Waals surface area contributed by atoms with Crippen LogP contribution in [-0.4, -0.2) is 5.11 Å². The van der Waals surface area contributed by atoms with Gasteiger partial charge in [-0.1, -0.05) is 42.5 Å². The van der Waals surface area contributed by atoms with Crippen molar-refractivity contribution in [2.45, 2.75) is 6.42 Å². The van der Waals surface area contributed by atoms with Crippen molar-refractivity contribution >= 4 is 5.57 Å². The van der Waals surface area contributed by atoms with E-state index in [0.29, 0.717) is 5.76 Å². The lowest BCUT2D eigenvalue weighted by molar-refractivity contribution is 0.431. The van der Waals surface area contributed by atoms with Gasteiger partial charge in [0.25, 0.3) is 0 Å². The molecule has 2 rings (SSSR count). The Hall–Kier alpha value is -1.76. The van der Waals surface area contributed by atoms with E-state index in [-0.39, 0.29) is 0 Å². The van der Waals surface area contributed by atoms with Gasteiger partial charge in [-0.3, -0.25) is 0 Å². The van der Waals surface area contributed by atoms with Gasteiger partial charge in [-0.2, -0.15) is 0 Å². The minimum Gasteiger partial charge on any atom is -0.508 e. The molecule has 0 aliphatic heterocycles. The number of aliphatic hydroxyl groups is 1. The molecule has 0 radical (unpaired) electrons. The average Bonchev–Trinajstić information content (AvgIpc) is 2.44. The van der Waals surface area contributed by atoms with Crippen molar-refractivity contribution in [2.75, 3.05) is 0 Å². The zero-order valence-corrected chi connectivity index (χ0v) is 7.85. The van der Waals surface area contributed by atoms with Gasteiger partial charge in [0.05, 0.1) is 0 Å². The molecular formula is C13H12O. The highest BCUT2D eigenvalue weighted by atomic mass is 16.3. The lowest BCUT2D eigenvalue weighted by atomic mass is 10.1. The van der Waals surface area contributed by atoms with Gasteiger partial charge in [0, 0.05) is 0 Å². The maximum Gasteiger partial charge on any atom is 0.111 e. The van der Waals surface area contributed by atoms with E-state index in [0.717, 1.165) is 12.0 Å². The lowest BCUT2D eigenvalue weighted by Gasteiger charge is -2.00. The van der Waals surface area contributed by atoms with E-state index in [2.05, 4.69) is 18.2 Å². The Balaban J connectivity index is 2.30. The van der Waals surface area contributed by atoms with Crippen molar-refractivity contribution in [3.8, 4) is 0 Å². The van der Waals surface area contributed by atoms with E-state index >= 15 is 0 Å². The van der Waals surface area contributed by atoms with E-state index in [4.69, 9.17) is 0 Å². The van der Waals surface area contributed by atoms with Crippen LogP contribution < -0.4 is 0 Å². The predicted octanol–water partition coefficient (Wildman–Crippen LogP) is 3.47. The van der Waals surface area contributed by atoms with Crippen LogP contribution in [-0.2, 0) is 0 Å². The predicted molar refractivity (Wildman–Crippen MR) is 58.9 cm³/mol. The Labute approximate surface area is 83.7 Å². The third-order valence-electron chi connectivity index (χ3n) is 2.21. The van der Waals surface area contributed by atoms with Crippen molar-refractivity contribution in [1.29, 1.82) is 0 Å². The van der Waals surface area contributed by atoms with E-state index in [1.165, 1.54) is 5.56 Å². The second-order valence-electron chi connectivity index (χ2n) is 3.22. The maximum atomic E-state index is 9.29. The topological polar surface area (TPSA) is 20.2 Å². The van der Waals surface area contributed by atoms with Crippen LogP contribution in [0.1, 0.15) is 12.0 Å². The molecule has 0 atom stereocenters. The Morgan fingerprint density at radius 2 is 1.71 bits per heavy atom. The van der Waals surface area contributed by atoms with Crippen LogP contribution >= 0.6 is 0 Å². The van der Waals surface area contributed by atoms with Crippen LogP contribution in [0.15, 0.2) is 60.4 Å². The lowest BCUT2D eigenvalue weighted by Crippen LogP contribution is -1.78. The SMILES string of the molecule is OC1=CCC=C(c2ccccc2)C=C1. The molecule has 1 nitrogen and oxygen atoms in total. The largest absolute Gasteiger partial charge is 0.508 e. The fraction of sp³-hybridized carbons (Fsp3) is 0.0769. The summed E-state index contributed by atoms with van der Waals surface area (Å²) in [6.45, 7) is 0. The van der Waals surface area contributed by atoms with Crippen LogP contribution in [0.5, 0.6) is 0 Å². The third kappa shape index (κ3) is 1.94. The Morgan fingerprint density at radius 3 is 2.50 bits per heavy atom. The summed E-state index contributed by atoms with van der Waals surface area (Å²) in [4.78, 5) is 0. The summed E-state index contributed by atoms with van der Waals surface area (Å²) in [5.41, 5.74) is 2.35. The van der Waals surface area contributed by atoms with Gasteiger partial charge in [-0.05, 0) is 29.7 Å². The van der Waals surface area contributed by atoms with Gasteiger partial charge in [-0.15, -0.1) is 0 Å². The monoisotopic (exact) mass is 184 g/mol. The number of benzene rings is 1. The molecule has 0 saturated carbocycles. The van der Waals surface area contributed by atoms with Gasteiger partial charge in [0.2, 0.25) is 0 Å². The van der Waals surface area contributed by atoms with Crippen molar-refractivity contribution in [3.05, 3.63) is 66.0 Å². The Bertz CT molecular complexity index is 397. The number of hydrogen-bond donors (Lipinski definition) is 1. The van der Waals surface area contributed by atoms with Crippen LogP contribution in [0.3, 0.4) is 0 Å². The van der Waals surface area contributed by atoms with Gasteiger partial charge < -0.3 is 5.11 Å². The van der Waals surface area contributed by atoms with Crippen molar-refractivity contribution in [2.24, 2.45) is 0 Å². The van der Waals surface area contributed by atoms with E-state index in [1.807, 2.05) is 24.3 Å².